The molecule has 0 radical (unpaired) electrons. The molecule has 2 aromatic carbocycles. The molecule has 5 nitrogen and oxygen atoms in total. The summed E-state index contributed by atoms with van der Waals surface area (Å²) in [5.74, 6) is 3.01. The van der Waals surface area contributed by atoms with E-state index < -0.39 is 10.0 Å². The third-order valence-corrected chi connectivity index (χ3v) is 9.52. The van der Waals surface area contributed by atoms with Gasteiger partial charge in [0.2, 0.25) is 0 Å². The third kappa shape index (κ3) is 5.07. The van der Waals surface area contributed by atoms with Gasteiger partial charge in [-0.1, -0.05) is 25.0 Å². The van der Waals surface area contributed by atoms with Crippen molar-refractivity contribution in [2.75, 3.05) is 38.6 Å². The lowest BCUT2D eigenvalue weighted by molar-refractivity contribution is 0.319. The average molecular weight is 471 g/mol. The summed E-state index contributed by atoms with van der Waals surface area (Å²) in [4.78, 5) is 2.41. The average Bonchev–Trinajstić information content (AvgIpc) is 3.11. The fourth-order valence-corrected chi connectivity index (χ4v) is 7.54. The molecular formula is C27H38N2O3S. The largest absolute Gasteiger partial charge is 0.497 e. The molecule has 4 rings (SSSR count). The van der Waals surface area contributed by atoms with Crippen LogP contribution in [0.2, 0.25) is 0 Å². The Balaban J connectivity index is 1.67. The van der Waals surface area contributed by atoms with Crippen molar-refractivity contribution >= 4 is 15.7 Å². The first-order valence-electron chi connectivity index (χ1n) is 12.1. The molecule has 0 saturated heterocycles. The number of likely N-dealkylation sites (N-methyl/N-ethyl adjacent to an activating group) is 1. The number of nitrogens with zero attached hydrogens (tertiary/aromatic N) is 2. The zero-order valence-corrected chi connectivity index (χ0v) is 21.5. The molecule has 2 bridgehead atoms. The lowest BCUT2D eigenvalue weighted by Gasteiger charge is -2.30. The van der Waals surface area contributed by atoms with E-state index in [0.717, 1.165) is 28.7 Å². The minimum absolute atomic E-state index is 0.385. The lowest BCUT2D eigenvalue weighted by Crippen LogP contribution is -2.37. The molecule has 0 aliphatic heterocycles. The molecule has 33 heavy (non-hydrogen) atoms. The lowest BCUT2D eigenvalue weighted by atomic mass is 9.77. The number of aryl methyl sites for hydroxylation is 2. The second-order valence-electron chi connectivity index (χ2n) is 10.3. The van der Waals surface area contributed by atoms with E-state index in [1.54, 1.807) is 11.4 Å². The number of rotatable bonds is 8. The van der Waals surface area contributed by atoms with E-state index in [2.05, 4.69) is 12.1 Å². The second kappa shape index (κ2) is 9.67. The van der Waals surface area contributed by atoms with Crippen LogP contribution in [0.5, 0.6) is 5.75 Å². The predicted molar refractivity (Wildman–Crippen MR) is 135 cm³/mol. The number of fused-ring (bicyclic) bond motifs is 2. The molecule has 0 amide bonds. The number of hydrogen-bond acceptors (Lipinski definition) is 4. The van der Waals surface area contributed by atoms with Crippen molar-refractivity contribution < 1.29 is 13.2 Å². The summed E-state index contributed by atoms with van der Waals surface area (Å²) in [6.45, 7) is 4.89. The van der Waals surface area contributed by atoms with Crippen molar-refractivity contribution in [3.8, 4) is 5.75 Å². The summed E-state index contributed by atoms with van der Waals surface area (Å²) in [5.41, 5.74) is 3.73. The summed E-state index contributed by atoms with van der Waals surface area (Å²) < 4.78 is 34.8. The van der Waals surface area contributed by atoms with Gasteiger partial charge >= 0.3 is 0 Å². The summed E-state index contributed by atoms with van der Waals surface area (Å²) in [6, 6.07) is 11.6. The Morgan fingerprint density at radius 2 is 1.61 bits per heavy atom. The van der Waals surface area contributed by atoms with Gasteiger partial charge in [-0.3, -0.25) is 4.31 Å². The Labute approximate surface area is 199 Å². The number of methoxy groups -OCH3 is 1. The maximum atomic E-state index is 14.0. The van der Waals surface area contributed by atoms with Crippen LogP contribution >= 0.6 is 0 Å². The smallest absolute Gasteiger partial charge is 0.264 e. The van der Waals surface area contributed by atoms with Crippen molar-refractivity contribution in [1.29, 1.82) is 0 Å². The molecule has 2 saturated carbocycles. The molecular weight excluding hydrogens is 432 g/mol. The summed E-state index contributed by atoms with van der Waals surface area (Å²) >= 11 is 0. The standard InChI is InChI=1S/C27H38N2O3S/c1-19-15-25(32-5)9-10-26(19)29(13-12-28(3)4)33(30,31)27-11-8-23(14-20(27)2)24-17-21-6-7-22(16-21)18-24/h8-11,14-15,21-22,24H,6-7,12-13,16-18H2,1-5H3. The molecule has 0 heterocycles. The number of hydrogen-bond donors (Lipinski definition) is 0. The Morgan fingerprint density at radius 1 is 0.909 bits per heavy atom. The Bertz CT molecular complexity index is 1080. The number of benzene rings is 2. The highest BCUT2D eigenvalue weighted by Gasteiger charge is 2.35. The fourth-order valence-electron chi connectivity index (χ4n) is 5.81. The minimum Gasteiger partial charge on any atom is -0.497 e. The van der Waals surface area contributed by atoms with Crippen molar-refractivity contribution in [3.05, 3.63) is 53.1 Å². The quantitative estimate of drug-likeness (QED) is 0.521. The van der Waals surface area contributed by atoms with Gasteiger partial charge in [0.25, 0.3) is 10.0 Å². The molecule has 2 aromatic rings. The van der Waals surface area contributed by atoms with E-state index in [-0.39, 0.29) is 0 Å². The predicted octanol–water partition coefficient (Wildman–Crippen LogP) is 5.36. The van der Waals surface area contributed by atoms with Crippen LogP contribution in [-0.2, 0) is 10.0 Å². The van der Waals surface area contributed by atoms with Crippen LogP contribution in [0.3, 0.4) is 0 Å². The summed E-state index contributed by atoms with van der Waals surface area (Å²) in [5, 5.41) is 0. The third-order valence-electron chi connectivity index (χ3n) is 7.55. The van der Waals surface area contributed by atoms with Crippen LogP contribution in [0.25, 0.3) is 0 Å². The topological polar surface area (TPSA) is 49.9 Å². The zero-order chi connectivity index (χ0) is 23.8. The highest BCUT2D eigenvalue weighted by atomic mass is 32.2. The van der Waals surface area contributed by atoms with Crippen molar-refractivity contribution in [3.63, 3.8) is 0 Å². The molecule has 6 heteroatoms. The van der Waals surface area contributed by atoms with E-state index >= 15 is 0 Å². The number of ether oxygens (including phenoxy) is 1. The first-order valence-corrected chi connectivity index (χ1v) is 13.6. The van der Waals surface area contributed by atoms with Crippen LogP contribution in [-0.4, -0.2) is 47.6 Å². The van der Waals surface area contributed by atoms with Gasteiger partial charge in [-0.05, 0) is 106 Å². The molecule has 180 valence electrons. The van der Waals surface area contributed by atoms with Gasteiger partial charge in [-0.2, -0.15) is 0 Å². The fraction of sp³-hybridized carbons (Fsp3) is 0.556. The van der Waals surface area contributed by atoms with Crippen LogP contribution in [0.1, 0.15) is 54.7 Å². The van der Waals surface area contributed by atoms with Crippen LogP contribution in [0, 0.1) is 25.7 Å². The van der Waals surface area contributed by atoms with Gasteiger partial charge in [-0.25, -0.2) is 8.42 Å². The SMILES string of the molecule is COc1ccc(N(CCN(C)C)S(=O)(=O)c2ccc(C3CC4CCC(C4)C3)cc2C)c(C)c1. The summed E-state index contributed by atoms with van der Waals surface area (Å²) in [7, 11) is 1.83. The van der Waals surface area contributed by atoms with Gasteiger partial charge in [0.1, 0.15) is 5.75 Å². The highest BCUT2D eigenvalue weighted by molar-refractivity contribution is 7.92. The number of sulfonamides is 1. The molecule has 0 spiro atoms. The minimum atomic E-state index is -3.71. The first kappa shape index (κ1) is 24.1. The Hall–Kier alpha value is -2.05. The Kier molecular flexibility index (Phi) is 7.06. The normalized spacial score (nSPS) is 22.5. The molecule has 2 atom stereocenters. The van der Waals surface area contributed by atoms with Gasteiger partial charge < -0.3 is 9.64 Å². The zero-order valence-electron chi connectivity index (χ0n) is 20.7. The Morgan fingerprint density at radius 3 is 2.18 bits per heavy atom. The van der Waals surface area contributed by atoms with Crippen molar-refractivity contribution in [2.24, 2.45) is 11.8 Å². The van der Waals surface area contributed by atoms with Gasteiger partial charge in [0.05, 0.1) is 17.7 Å². The number of anilines is 1. The van der Waals surface area contributed by atoms with Crippen molar-refractivity contribution in [1.82, 2.24) is 4.90 Å². The summed E-state index contributed by atoms with van der Waals surface area (Å²) in [6.07, 6.45) is 6.64. The second-order valence-corrected chi connectivity index (χ2v) is 12.1. The van der Waals surface area contributed by atoms with Crippen molar-refractivity contribution in [2.45, 2.75) is 56.8 Å². The van der Waals surface area contributed by atoms with Gasteiger partial charge in [0, 0.05) is 13.1 Å². The van der Waals surface area contributed by atoms with E-state index in [1.807, 2.05) is 57.1 Å². The molecule has 0 aromatic heterocycles. The maximum Gasteiger partial charge on any atom is 0.264 e. The van der Waals surface area contributed by atoms with Crippen LogP contribution in [0.4, 0.5) is 5.69 Å². The van der Waals surface area contributed by atoms with E-state index in [0.29, 0.717) is 29.6 Å². The highest BCUT2D eigenvalue weighted by Crippen LogP contribution is 2.48. The maximum absolute atomic E-state index is 14.0. The molecule has 0 N–H and O–H groups in total. The van der Waals surface area contributed by atoms with Gasteiger partial charge in [0.15, 0.2) is 0 Å². The van der Waals surface area contributed by atoms with Crippen LogP contribution < -0.4 is 9.04 Å². The molecule has 2 fully saturated rings. The molecule has 2 aliphatic rings. The van der Waals surface area contributed by atoms with Crippen LogP contribution in [0.15, 0.2) is 41.3 Å². The molecule has 2 unspecified atom stereocenters. The molecule has 2 aliphatic carbocycles. The monoisotopic (exact) mass is 470 g/mol. The first-order chi connectivity index (χ1) is 15.7. The van der Waals surface area contributed by atoms with E-state index in [4.69, 9.17) is 4.74 Å². The van der Waals surface area contributed by atoms with E-state index in [9.17, 15) is 8.42 Å². The van der Waals surface area contributed by atoms with E-state index in [1.165, 1.54) is 37.7 Å². The van der Waals surface area contributed by atoms with Gasteiger partial charge in [-0.15, -0.1) is 0 Å².